The summed E-state index contributed by atoms with van der Waals surface area (Å²) in [6.07, 6.45) is 2.11. The summed E-state index contributed by atoms with van der Waals surface area (Å²) in [4.78, 5) is 4.22. The highest BCUT2D eigenvalue weighted by Gasteiger charge is 2.04. The molecule has 0 bridgehead atoms. The molecule has 1 rings (SSSR count). The number of aromatic nitrogens is 2. The molecule has 1 aromatic heterocycles. The minimum Gasteiger partial charge on any atom is -0.358 e. The van der Waals surface area contributed by atoms with E-state index in [-0.39, 0.29) is 0 Å². The van der Waals surface area contributed by atoms with Gasteiger partial charge < -0.3 is 5.32 Å². The van der Waals surface area contributed by atoms with Crippen LogP contribution in [0.4, 0.5) is 5.13 Å². The third-order valence-corrected chi connectivity index (χ3v) is 2.67. The van der Waals surface area contributed by atoms with Gasteiger partial charge in [-0.2, -0.15) is 4.37 Å². The summed E-state index contributed by atoms with van der Waals surface area (Å²) in [5.74, 6) is 1.55. The molecule has 0 aliphatic rings. The maximum absolute atomic E-state index is 5.60. The smallest absolute Gasteiger partial charge is 0.202 e. The molecule has 0 aromatic carbocycles. The third kappa shape index (κ3) is 3.91. The van der Waals surface area contributed by atoms with Gasteiger partial charge in [0, 0.05) is 23.5 Å². The summed E-state index contributed by atoms with van der Waals surface area (Å²) in [6.45, 7) is 4.02. The first kappa shape index (κ1) is 10.7. The van der Waals surface area contributed by atoms with Crippen LogP contribution in [0.3, 0.4) is 0 Å². The van der Waals surface area contributed by atoms with Crippen molar-refractivity contribution < 1.29 is 0 Å². The summed E-state index contributed by atoms with van der Waals surface area (Å²) < 4.78 is 4.09. The number of alkyl halides is 1. The summed E-state index contributed by atoms with van der Waals surface area (Å²) >= 11 is 7.01. The van der Waals surface area contributed by atoms with Gasteiger partial charge in [-0.15, -0.1) is 11.6 Å². The fraction of sp³-hybridized carbons (Fsp3) is 0.750. The lowest BCUT2D eigenvalue weighted by molar-refractivity contribution is 0.692. The van der Waals surface area contributed by atoms with E-state index < -0.39 is 0 Å². The second kappa shape index (κ2) is 5.40. The highest BCUT2D eigenvalue weighted by atomic mass is 35.5. The van der Waals surface area contributed by atoms with E-state index in [1.807, 2.05) is 6.92 Å². The fourth-order valence-electron chi connectivity index (χ4n) is 1.02. The molecule has 13 heavy (non-hydrogen) atoms. The lowest BCUT2D eigenvalue weighted by Gasteiger charge is -2.10. The molecule has 0 radical (unpaired) electrons. The van der Waals surface area contributed by atoms with Gasteiger partial charge in [-0.3, -0.25) is 0 Å². The molecule has 1 heterocycles. The van der Waals surface area contributed by atoms with Crippen LogP contribution in [0.2, 0.25) is 0 Å². The first-order valence-electron chi connectivity index (χ1n) is 4.35. The van der Waals surface area contributed by atoms with Gasteiger partial charge in [0.2, 0.25) is 5.13 Å². The number of anilines is 1. The van der Waals surface area contributed by atoms with Crippen LogP contribution in [-0.4, -0.2) is 21.3 Å². The van der Waals surface area contributed by atoms with Crippen molar-refractivity contribution in [2.75, 3.05) is 11.2 Å². The zero-order valence-electron chi connectivity index (χ0n) is 7.88. The lowest BCUT2D eigenvalue weighted by Crippen LogP contribution is -2.14. The number of hydrogen-bond donors (Lipinski definition) is 1. The summed E-state index contributed by atoms with van der Waals surface area (Å²) in [5, 5.41) is 4.19. The summed E-state index contributed by atoms with van der Waals surface area (Å²) in [7, 11) is 0. The number of rotatable bonds is 5. The standard InChI is InChI=1S/C8H14ClN3S/c1-6(4-3-5-9)10-8-11-7(2)12-13-8/h6H,3-5H2,1-2H3,(H,10,11,12). The Morgan fingerprint density at radius 3 is 2.92 bits per heavy atom. The number of aryl methyl sites for hydroxylation is 1. The van der Waals surface area contributed by atoms with Crippen molar-refractivity contribution in [2.45, 2.75) is 32.7 Å². The molecule has 0 fully saturated rings. The average Bonchev–Trinajstić information content (AvgIpc) is 2.48. The van der Waals surface area contributed by atoms with Crippen molar-refractivity contribution in [1.82, 2.24) is 9.36 Å². The molecule has 74 valence electrons. The Bertz CT molecular complexity index is 251. The van der Waals surface area contributed by atoms with Crippen LogP contribution in [0.25, 0.3) is 0 Å². The minimum atomic E-state index is 0.422. The van der Waals surface area contributed by atoms with E-state index >= 15 is 0 Å². The van der Waals surface area contributed by atoms with Crippen LogP contribution in [0.1, 0.15) is 25.6 Å². The van der Waals surface area contributed by atoms with Crippen LogP contribution in [-0.2, 0) is 0 Å². The maximum atomic E-state index is 5.60. The highest BCUT2D eigenvalue weighted by molar-refractivity contribution is 7.09. The highest BCUT2D eigenvalue weighted by Crippen LogP contribution is 2.13. The summed E-state index contributed by atoms with van der Waals surface area (Å²) in [6, 6.07) is 0.422. The molecule has 0 spiro atoms. The van der Waals surface area contributed by atoms with E-state index in [1.54, 1.807) is 0 Å². The number of hydrogen-bond acceptors (Lipinski definition) is 4. The van der Waals surface area contributed by atoms with E-state index in [4.69, 9.17) is 11.6 Å². The largest absolute Gasteiger partial charge is 0.358 e. The van der Waals surface area contributed by atoms with Gasteiger partial charge in [0.15, 0.2) is 0 Å². The number of nitrogens with one attached hydrogen (secondary N) is 1. The quantitative estimate of drug-likeness (QED) is 0.774. The molecule has 3 nitrogen and oxygen atoms in total. The SMILES string of the molecule is Cc1nsc(NC(C)CCCCl)n1. The molecule has 0 saturated carbocycles. The molecule has 0 aliphatic heterocycles. The normalized spacial score (nSPS) is 12.8. The van der Waals surface area contributed by atoms with Crippen molar-refractivity contribution in [2.24, 2.45) is 0 Å². The lowest BCUT2D eigenvalue weighted by atomic mass is 10.2. The van der Waals surface area contributed by atoms with Crippen LogP contribution < -0.4 is 5.32 Å². The Morgan fingerprint density at radius 2 is 2.38 bits per heavy atom. The Labute approximate surface area is 87.7 Å². The predicted octanol–water partition coefficient (Wildman–Crippen LogP) is 2.67. The Hall–Kier alpha value is -0.350. The van der Waals surface area contributed by atoms with Crippen molar-refractivity contribution in [1.29, 1.82) is 0 Å². The Morgan fingerprint density at radius 1 is 1.62 bits per heavy atom. The topological polar surface area (TPSA) is 37.8 Å². The predicted molar refractivity (Wildman–Crippen MR) is 57.7 cm³/mol. The maximum Gasteiger partial charge on any atom is 0.202 e. The van der Waals surface area contributed by atoms with Gasteiger partial charge in [-0.25, -0.2) is 4.98 Å². The molecule has 5 heteroatoms. The van der Waals surface area contributed by atoms with E-state index in [0.29, 0.717) is 6.04 Å². The molecule has 1 unspecified atom stereocenters. The minimum absolute atomic E-state index is 0.422. The molecular formula is C8H14ClN3S. The van der Waals surface area contributed by atoms with Gasteiger partial charge in [0.05, 0.1) is 0 Å². The van der Waals surface area contributed by atoms with Gasteiger partial charge in [0.1, 0.15) is 5.82 Å². The first-order valence-corrected chi connectivity index (χ1v) is 5.66. The molecular weight excluding hydrogens is 206 g/mol. The first-order chi connectivity index (χ1) is 6.22. The van der Waals surface area contributed by atoms with Gasteiger partial charge in [-0.05, 0) is 26.7 Å². The van der Waals surface area contributed by atoms with Crippen molar-refractivity contribution in [3.05, 3.63) is 5.82 Å². The molecule has 1 N–H and O–H groups in total. The van der Waals surface area contributed by atoms with Crippen molar-refractivity contribution in [3.63, 3.8) is 0 Å². The zero-order chi connectivity index (χ0) is 9.68. The second-order valence-corrected chi connectivity index (χ2v) is 4.15. The average molecular weight is 220 g/mol. The Kier molecular flexibility index (Phi) is 4.45. The van der Waals surface area contributed by atoms with Gasteiger partial charge in [0.25, 0.3) is 0 Å². The molecule has 1 atom stereocenters. The van der Waals surface area contributed by atoms with Crippen LogP contribution in [0.5, 0.6) is 0 Å². The number of nitrogens with zero attached hydrogens (tertiary/aromatic N) is 2. The molecule has 1 aromatic rings. The zero-order valence-corrected chi connectivity index (χ0v) is 9.45. The van der Waals surface area contributed by atoms with Crippen LogP contribution >= 0.6 is 23.1 Å². The Balaban J connectivity index is 2.31. The summed E-state index contributed by atoms with van der Waals surface area (Å²) in [5.41, 5.74) is 0. The van der Waals surface area contributed by atoms with Crippen molar-refractivity contribution >= 4 is 28.3 Å². The fourth-order valence-corrected chi connectivity index (χ4v) is 1.86. The molecule has 0 amide bonds. The van der Waals surface area contributed by atoms with Crippen molar-refractivity contribution in [3.8, 4) is 0 Å². The van der Waals surface area contributed by atoms with E-state index in [9.17, 15) is 0 Å². The van der Waals surface area contributed by atoms with Crippen LogP contribution in [0.15, 0.2) is 0 Å². The monoisotopic (exact) mass is 219 g/mol. The number of halogens is 1. The second-order valence-electron chi connectivity index (χ2n) is 3.02. The van der Waals surface area contributed by atoms with Gasteiger partial charge >= 0.3 is 0 Å². The third-order valence-electron chi connectivity index (χ3n) is 1.67. The van der Waals surface area contributed by atoms with E-state index in [2.05, 4.69) is 21.6 Å². The molecule has 0 aliphatic carbocycles. The van der Waals surface area contributed by atoms with E-state index in [0.717, 1.165) is 29.7 Å². The van der Waals surface area contributed by atoms with E-state index in [1.165, 1.54) is 11.5 Å². The van der Waals surface area contributed by atoms with Gasteiger partial charge in [-0.1, -0.05) is 0 Å². The van der Waals surface area contributed by atoms with Crippen LogP contribution in [0, 0.1) is 6.92 Å². The molecule has 0 saturated heterocycles.